The summed E-state index contributed by atoms with van der Waals surface area (Å²) in [5.41, 5.74) is 0.579. The van der Waals surface area contributed by atoms with Crippen LogP contribution >= 0.6 is 11.8 Å². The molecule has 1 fully saturated rings. The third-order valence-corrected chi connectivity index (χ3v) is 5.38. The Morgan fingerprint density at radius 1 is 1.39 bits per heavy atom. The largest absolute Gasteiger partial charge is 0.481 e. The second-order valence-corrected chi connectivity index (χ2v) is 6.64. The van der Waals surface area contributed by atoms with Gasteiger partial charge in [0, 0.05) is 12.2 Å². The number of carbonyl (C=O) groups excluding carboxylic acids is 2. The van der Waals surface area contributed by atoms with Gasteiger partial charge in [0.15, 0.2) is 0 Å². The fraction of sp³-hybridized carbons (Fsp3) is 0.571. The quantitative estimate of drug-likeness (QED) is 0.591. The average molecular weight is 342 g/mol. The number of β-lactam (4-membered cyclic amide) rings is 1. The molecular formula is C14H18N2O6S. The number of rotatable bonds is 6. The van der Waals surface area contributed by atoms with E-state index in [2.05, 4.69) is 5.32 Å². The van der Waals surface area contributed by atoms with Gasteiger partial charge in [-0.1, -0.05) is 6.92 Å². The lowest BCUT2D eigenvalue weighted by molar-refractivity contribution is -0.151. The zero-order valence-electron chi connectivity index (χ0n) is 12.7. The molecule has 8 nitrogen and oxygen atoms in total. The Kier molecular flexibility index (Phi) is 4.98. The van der Waals surface area contributed by atoms with E-state index < -0.39 is 41.1 Å². The molecule has 0 bridgehead atoms. The molecule has 0 aromatic rings. The minimum Gasteiger partial charge on any atom is -0.481 e. The molecule has 0 radical (unpaired) electrons. The number of carboxylic acid groups (broad SMARTS) is 2. The molecule has 2 heterocycles. The summed E-state index contributed by atoms with van der Waals surface area (Å²) < 4.78 is 0. The molecule has 0 aromatic carbocycles. The Morgan fingerprint density at radius 2 is 2.04 bits per heavy atom. The lowest BCUT2D eigenvalue weighted by atomic mass is 10.00. The van der Waals surface area contributed by atoms with Crippen molar-refractivity contribution in [3.8, 4) is 0 Å². The van der Waals surface area contributed by atoms with E-state index in [-0.39, 0.29) is 12.1 Å². The van der Waals surface area contributed by atoms with Gasteiger partial charge in [-0.2, -0.15) is 0 Å². The first-order valence-corrected chi connectivity index (χ1v) is 8.22. The highest BCUT2D eigenvalue weighted by Gasteiger charge is 2.53. The van der Waals surface area contributed by atoms with Gasteiger partial charge in [0.05, 0.1) is 5.92 Å². The highest BCUT2D eigenvalue weighted by Crippen LogP contribution is 2.40. The van der Waals surface area contributed by atoms with Gasteiger partial charge in [-0.25, -0.2) is 4.79 Å². The highest BCUT2D eigenvalue weighted by molar-refractivity contribution is 8.00. The number of hydrogen-bond acceptors (Lipinski definition) is 5. The number of aliphatic carboxylic acids is 2. The Morgan fingerprint density at radius 3 is 2.57 bits per heavy atom. The smallest absolute Gasteiger partial charge is 0.352 e. The molecule has 2 aliphatic rings. The van der Waals surface area contributed by atoms with Crippen molar-refractivity contribution in [1.82, 2.24) is 10.2 Å². The van der Waals surface area contributed by atoms with Gasteiger partial charge in [0.25, 0.3) is 5.91 Å². The first-order valence-electron chi connectivity index (χ1n) is 7.17. The molecule has 0 aromatic heterocycles. The van der Waals surface area contributed by atoms with Crippen LogP contribution in [0.5, 0.6) is 0 Å². The van der Waals surface area contributed by atoms with Crippen molar-refractivity contribution >= 4 is 35.5 Å². The van der Waals surface area contributed by atoms with Crippen LogP contribution in [0.2, 0.25) is 0 Å². The molecule has 2 amide bonds. The molecule has 2 aliphatic heterocycles. The minimum atomic E-state index is -1.16. The van der Waals surface area contributed by atoms with Crippen molar-refractivity contribution < 1.29 is 29.4 Å². The van der Waals surface area contributed by atoms with E-state index in [9.17, 15) is 24.3 Å². The van der Waals surface area contributed by atoms with Crippen LogP contribution in [-0.2, 0) is 19.2 Å². The Bertz CT molecular complexity index is 602. The monoisotopic (exact) mass is 342 g/mol. The highest BCUT2D eigenvalue weighted by atomic mass is 32.2. The topological polar surface area (TPSA) is 124 Å². The van der Waals surface area contributed by atoms with Crippen LogP contribution in [0.4, 0.5) is 0 Å². The molecule has 2 unspecified atom stereocenters. The van der Waals surface area contributed by atoms with Gasteiger partial charge in [0.2, 0.25) is 5.91 Å². The zero-order chi connectivity index (χ0) is 17.3. The van der Waals surface area contributed by atoms with Crippen molar-refractivity contribution in [3.63, 3.8) is 0 Å². The average Bonchev–Trinajstić information content (AvgIpc) is 2.49. The molecule has 2 rings (SSSR count). The number of amides is 2. The SMILES string of the molecule is CCC(CC(=O)NC1C(=O)N2C(C(=O)O)=C(C)CS[C@H]12)C(=O)O. The predicted molar refractivity (Wildman–Crippen MR) is 81.4 cm³/mol. The summed E-state index contributed by atoms with van der Waals surface area (Å²) in [5, 5.41) is 20.3. The van der Waals surface area contributed by atoms with Crippen LogP contribution in [0.1, 0.15) is 26.7 Å². The standard InChI is InChI=1S/C14H18N2O6S/c1-3-7(13(19)20)4-8(17)15-9-11(18)16-10(14(21)22)6(2)5-23-12(9)16/h7,9,12H,3-5H2,1-2H3,(H,15,17)(H,19,20)(H,21,22)/t7?,9?,12-/m1/s1. The van der Waals surface area contributed by atoms with Crippen LogP contribution < -0.4 is 5.32 Å². The number of carboxylic acids is 2. The predicted octanol–water partition coefficient (Wildman–Crippen LogP) is 0.246. The Hall–Kier alpha value is -2.03. The first-order chi connectivity index (χ1) is 10.8. The Labute approximate surface area is 136 Å². The van der Waals surface area contributed by atoms with Crippen LogP contribution in [0.15, 0.2) is 11.3 Å². The summed E-state index contributed by atoms with van der Waals surface area (Å²) in [5.74, 6) is -3.53. The van der Waals surface area contributed by atoms with Gasteiger partial charge >= 0.3 is 11.9 Å². The van der Waals surface area contributed by atoms with Crippen LogP contribution in [0.25, 0.3) is 0 Å². The van der Waals surface area contributed by atoms with Crippen molar-refractivity contribution in [2.24, 2.45) is 5.92 Å². The fourth-order valence-electron chi connectivity index (χ4n) is 2.64. The van der Waals surface area contributed by atoms with Crippen molar-refractivity contribution in [2.75, 3.05) is 5.75 Å². The first kappa shape index (κ1) is 17.3. The third kappa shape index (κ3) is 3.19. The molecule has 1 saturated heterocycles. The molecule has 0 spiro atoms. The van der Waals surface area contributed by atoms with Gasteiger partial charge in [0.1, 0.15) is 17.1 Å². The number of carbonyl (C=O) groups is 4. The lowest BCUT2D eigenvalue weighted by Gasteiger charge is -2.49. The van der Waals surface area contributed by atoms with E-state index in [1.807, 2.05) is 0 Å². The van der Waals surface area contributed by atoms with Gasteiger partial charge in [-0.05, 0) is 18.9 Å². The van der Waals surface area contributed by atoms with E-state index in [0.29, 0.717) is 17.7 Å². The summed E-state index contributed by atoms with van der Waals surface area (Å²) in [7, 11) is 0. The van der Waals surface area contributed by atoms with Crippen LogP contribution in [0.3, 0.4) is 0 Å². The molecule has 9 heteroatoms. The summed E-state index contributed by atoms with van der Waals surface area (Å²) in [6.45, 7) is 3.33. The molecule has 0 saturated carbocycles. The number of fused-ring (bicyclic) bond motifs is 1. The van der Waals surface area contributed by atoms with E-state index in [0.717, 1.165) is 0 Å². The maximum atomic E-state index is 12.2. The van der Waals surface area contributed by atoms with Crippen LogP contribution in [-0.4, -0.2) is 56.0 Å². The lowest BCUT2D eigenvalue weighted by Crippen LogP contribution is -2.70. The number of nitrogens with zero attached hydrogens (tertiary/aromatic N) is 1. The molecule has 0 aliphatic carbocycles. The molecule has 3 N–H and O–H groups in total. The molecule has 3 atom stereocenters. The maximum absolute atomic E-state index is 12.2. The minimum absolute atomic E-state index is 0.0266. The molecular weight excluding hydrogens is 324 g/mol. The molecule has 126 valence electrons. The van der Waals surface area contributed by atoms with Crippen molar-refractivity contribution in [1.29, 1.82) is 0 Å². The summed E-state index contributed by atoms with van der Waals surface area (Å²) in [4.78, 5) is 47.5. The number of hydrogen-bond donors (Lipinski definition) is 3. The van der Waals surface area contributed by atoms with E-state index in [1.165, 1.54) is 16.7 Å². The second kappa shape index (κ2) is 6.61. The van der Waals surface area contributed by atoms with E-state index >= 15 is 0 Å². The summed E-state index contributed by atoms with van der Waals surface area (Å²) >= 11 is 1.38. The second-order valence-electron chi connectivity index (χ2n) is 5.54. The zero-order valence-corrected chi connectivity index (χ0v) is 13.6. The van der Waals surface area contributed by atoms with Crippen molar-refractivity contribution in [2.45, 2.75) is 38.1 Å². The fourth-order valence-corrected chi connectivity index (χ4v) is 3.93. The van der Waals surface area contributed by atoms with Crippen LogP contribution in [0, 0.1) is 5.92 Å². The summed E-state index contributed by atoms with van der Waals surface area (Å²) in [6, 6.07) is -0.804. The maximum Gasteiger partial charge on any atom is 0.352 e. The third-order valence-electron chi connectivity index (χ3n) is 3.95. The van der Waals surface area contributed by atoms with E-state index in [4.69, 9.17) is 5.11 Å². The number of nitrogens with one attached hydrogen (secondary N) is 1. The van der Waals surface area contributed by atoms with Gasteiger partial charge in [-0.3, -0.25) is 19.3 Å². The van der Waals surface area contributed by atoms with Crippen molar-refractivity contribution in [3.05, 3.63) is 11.3 Å². The Balaban J connectivity index is 2.03. The van der Waals surface area contributed by atoms with Gasteiger partial charge < -0.3 is 15.5 Å². The summed E-state index contributed by atoms with van der Waals surface area (Å²) in [6.07, 6.45) is 0.115. The normalized spacial score (nSPS) is 24.6. The number of thioether (sulfide) groups is 1. The molecule has 23 heavy (non-hydrogen) atoms. The van der Waals surface area contributed by atoms with E-state index in [1.54, 1.807) is 13.8 Å². The van der Waals surface area contributed by atoms with Gasteiger partial charge in [-0.15, -0.1) is 11.8 Å².